The van der Waals surface area contributed by atoms with E-state index in [-0.39, 0.29) is 0 Å². The van der Waals surface area contributed by atoms with Gasteiger partial charge in [0.1, 0.15) is 0 Å². The molecule has 0 radical (unpaired) electrons. The summed E-state index contributed by atoms with van der Waals surface area (Å²) in [4.78, 5) is 0. The fourth-order valence-corrected chi connectivity index (χ4v) is 0.615. The van der Waals surface area contributed by atoms with Crippen LogP contribution in [0.3, 0.4) is 0 Å². The zero-order valence-corrected chi connectivity index (χ0v) is 5.89. The molecule has 0 atom stereocenters. The normalized spacial score (nSPS) is 11.5. The van der Waals surface area contributed by atoms with Crippen LogP contribution in [0.15, 0.2) is 10.2 Å². The van der Waals surface area contributed by atoms with Crippen molar-refractivity contribution in [3.05, 3.63) is 0 Å². The Bertz CT molecular complexity index is 64.9. The predicted molar refractivity (Wildman–Crippen MR) is 35.1 cm³/mol. The molecule has 0 aliphatic carbocycles. The Morgan fingerprint density at radius 2 is 1.75 bits per heavy atom. The molecular weight excluding hydrogens is 100 g/mol. The lowest BCUT2D eigenvalue weighted by Gasteiger charge is -2.00. The van der Waals surface area contributed by atoms with Crippen LogP contribution in [0.4, 0.5) is 0 Å². The molecule has 0 N–H and O–H groups in total. The predicted octanol–water partition coefficient (Wildman–Crippen LogP) is 2.26. The number of nitrogens with zero attached hydrogens (tertiary/aromatic N) is 2. The highest BCUT2D eigenvalue weighted by Gasteiger charge is 1.96. The van der Waals surface area contributed by atoms with E-state index in [4.69, 9.17) is 0 Å². The van der Waals surface area contributed by atoms with Crippen molar-refractivity contribution in [2.45, 2.75) is 32.7 Å². The average molecular weight is 114 g/mol. The van der Waals surface area contributed by atoms with Crippen LogP contribution < -0.4 is 0 Å². The van der Waals surface area contributed by atoms with Gasteiger partial charge in [-0.3, -0.25) is 0 Å². The summed E-state index contributed by atoms with van der Waals surface area (Å²) in [6.07, 6.45) is 2.21. The molecule has 0 heterocycles. The van der Waals surface area contributed by atoms with Gasteiger partial charge in [-0.25, -0.2) is 0 Å². The Labute approximate surface area is 51.0 Å². The van der Waals surface area contributed by atoms with Gasteiger partial charge in [-0.2, -0.15) is 10.2 Å². The zero-order chi connectivity index (χ0) is 6.41. The first-order valence-electron chi connectivity index (χ1n) is 3.14. The summed E-state index contributed by atoms with van der Waals surface area (Å²) in [5.74, 6) is 0. The number of rotatable bonds is 3. The first-order valence-corrected chi connectivity index (χ1v) is 3.14. The second-order valence-corrected chi connectivity index (χ2v) is 1.79. The Kier molecular flexibility index (Phi) is 4.51. The number of azo groups is 1. The molecule has 0 aliphatic rings. The van der Waals surface area contributed by atoms with Gasteiger partial charge in [0, 0.05) is 7.05 Å². The van der Waals surface area contributed by atoms with E-state index in [9.17, 15) is 0 Å². The highest BCUT2D eigenvalue weighted by Crippen LogP contribution is 2.00. The third-order valence-electron chi connectivity index (χ3n) is 1.22. The molecule has 0 aromatic carbocycles. The van der Waals surface area contributed by atoms with Crippen LogP contribution in [0.25, 0.3) is 0 Å². The monoisotopic (exact) mass is 114 g/mol. The van der Waals surface area contributed by atoms with Gasteiger partial charge in [0.15, 0.2) is 0 Å². The van der Waals surface area contributed by atoms with Gasteiger partial charge < -0.3 is 0 Å². The molecule has 0 saturated heterocycles. The third-order valence-corrected chi connectivity index (χ3v) is 1.22. The fraction of sp³-hybridized carbons (Fsp3) is 1.00. The van der Waals surface area contributed by atoms with Gasteiger partial charge in [0.25, 0.3) is 0 Å². The first-order chi connectivity index (χ1) is 3.85. The van der Waals surface area contributed by atoms with E-state index in [2.05, 4.69) is 24.1 Å². The molecule has 0 amide bonds. The Morgan fingerprint density at radius 1 is 1.25 bits per heavy atom. The van der Waals surface area contributed by atoms with Crippen LogP contribution in [0.2, 0.25) is 0 Å². The fourth-order valence-electron chi connectivity index (χ4n) is 0.615. The van der Waals surface area contributed by atoms with Gasteiger partial charge in [0.2, 0.25) is 0 Å². The van der Waals surface area contributed by atoms with Crippen LogP contribution in [0.1, 0.15) is 26.7 Å². The lowest BCUT2D eigenvalue weighted by molar-refractivity contribution is 0.599. The minimum atomic E-state index is 0.458. The molecule has 0 aromatic rings. The Hall–Kier alpha value is -0.400. The number of hydrogen-bond donors (Lipinski definition) is 0. The summed E-state index contributed by atoms with van der Waals surface area (Å²) in [5.41, 5.74) is 0. The van der Waals surface area contributed by atoms with Crippen LogP contribution in [0, 0.1) is 0 Å². The van der Waals surface area contributed by atoms with Crippen LogP contribution in [0.5, 0.6) is 0 Å². The smallest absolute Gasteiger partial charge is 0.0703 e. The van der Waals surface area contributed by atoms with E-state index < -0.39 is 0 Å². The van der Waals surface area contributed by atoms with E-state index in [0.29, 0.717) is 6.04 Å². The molecule has 0 saturated carbocycles. The van der Waals surface area contributed by atoms with E-state index >= 15 is 0 Å². The van der Waals surface area contributed by atoms with Crippen LogP contribution in [-0.4, -0.2) is 13.1 Å². The van der Waals surface area contributed by atoms with E-state index in [1.807, 2.05) is 0 Å². The summed E-state index contributed by atoms with van der Waals surface area (Å²) in [6.45, 7) is 4.26. The van der Waals surface area contributed by atoms with Gasteiger partial charge in [-0.1, -0.05) is 13.8 Å². The molecule has 0 spiro atoms. The standard InChI is InChI=1S/C6H14N2/c1-4-6(5-2)8-7-3/h6H,4-5H2,1-3H3/b8-7-. The second-order valence-electron chi connectivity index (χ2n) is 1.79. The molecular formula is C6H14N2. The van der Waals surface area contributed by atoms with Gasteiger partial charge in [-0.05, 0) is 12.8 Å². The van der Waals surface area contributed by atoms with Crippen LogP contribution >= 0.6 is 0 Å². The molecule has 0 aromatic heterocycles. The SMILES string of the molecule is CCC(CC)/N=N\C. The largest absolute Gasteiger partial charge is 0.197 e. The average Bonchev–Trinajstić information content (AvgIpc) is 1.83. The number of hydrogen-bond acceptors (Lipinski definition) is 2. The quantitative estimate of drug-likeness (QED) is 0.503. The molecule has 48 valence electrons. The molecule has 0 fully saturated rings. The minimum absolute atomic E-state index is 0.458. The van der Waals surface area contributed by atoms with E-state index in [1.165, 1.54) is 0 Å². The highest BCUT2D eigenvalue weighted by molar-refractivity contribution is 4.56. The van der Waals surface area contributed by atoms with Crippen LogP contribution in [-0.2, 0) is 0 Å². The zero-order valence-electron chi connectivity index (χ0n) is 5.89. The molecule has 0 bridgehead atoms. The third kappa shape index (κ3) is 2.72. The highest BCUT2D eigenvalue weighted by atomic mass is 15.1. The van der Waals surface area contributed by atoms with Gasteiger partial charge in [-0.15, -0.1) is 0 Å². The van der Waals surface area contributed by atoms with Crippen molar-refractivity contribution < 1.29 is 0 Å². The lowest BCUT2D eigenvalue weighted by atomic mass is 10.2. The van der Waals surface area contributed by atoms with Crippen molar-refractivity contribution in [1.29, 1.82) is 0 Å². The van der Waals surface area contributed by atoms with Gasteiger partial charge in [0.05, 0.1) is 6.04 Å². The summed E-state index contributed by atoms with van der Waals surface area (Å²) in [6, 6.07) is 0.458. The lowest BCUT2D eigenvalue weighted by Crippen LogP contribution is -1.97. The maximum atomic E-state index is 3.99. The van der Waals surface area contributed by atoms with Crippen molar-refractivity contribution in [3.63, 3.8) is 0 Å². The van der Waals surface area contributed by atoms with E-state index in [0.717, 1.165) is 12.8 Å². The summed E-state index contributed by atoms with van der Waals surface area (Å²) < 4.78 is 0. The first kappa shape index (κ1) is 7.60. The molecule has 0 rings (SSSR count). The Balaban J connectivity index is 3.36. The van der Waals surface area contributed by atoms with Crippen molar-refractivity contribution in [2.75, 3.05) is 7.05 Å². The molecule has 0 unspecified atom stereocenters. The van der Waals surface area contributed by atoms with Crippen molar-refractivity contribution in [1.82, 2.24) is 0 Å². The molecule has 2 heteroatoms. The maximum Gasteiger partial charge on any atom is 0.0703 e. The molecule has 0 aliphatic heterocycles. The van der Waals surface area contributed by atoms with Gasteiger partial charge >= 0.3 is 0 Å². The second kappa shape index (κ2) is 4.75. The summed E-state index contributed by atoms with van der Waals surface area (Å²) in [5, 5.41) is 7.69. The summed E-state index contributed by atoms with van der Waals surface area (Å²) >= 11 is 0. The molecule has 2 nitrogen and oxygen atoms in total. The minimum Gasteiger partial charge on any atom is -0.197 e. The maximum absolute atomic E-state index is 3.99. The molecule has 8 heavy (non-hydrogen) atoms. The van der Waals surface area contributed by atoms with E-state index in [1.54, 1.807) is 7.05 Å². The topological polar surface area (TPSA) is 24.7 Å². The van der Waals surface area contributed by atoms with Crippen molar-refractivity contribution in [3.8, 4) is 0 Å². The Morgan fingerprint density at radius 3 is 1.88 bits per heavy atom. The van der Waals surface area contributed by atoms with Crippen molar-refractivity contribution >= 4 is 0 Å². The summed E-state index contributed by atoms with van der Waals surface area (Å²) in [7, 11) is 1.72. The van der Waals surface area contributed by atoms with Crippen molar-refractivity contribution in [2.24, 2.45) is 10.2 Å².